The molecule has 0 saturated heterocycles. The van der Waals surface area contributed by atoms with Gasteiger partial charge < -0.3 is 0 Å². The quantitative estimate of drug-likeness (QED) is 0.777. The van der Waals surface area contributed by atoms with Gasteiger partial charge in [0.15, 0.2) is 0 Å². The molecular formula is C16H23N3. The Hall–Kier alpha value is -1.51. The maximum absolute atomic E-state index is 4.66. The van der Waals surface area contributed by atoms with Crippen molar-refractivity contribution in [3.05, 3.63) is 29.8 Å². The summed E-state index contributed by atoms with van der Waals surface area (Å²) in [7, 11) is 0. The van der Waals surface area contributed by atoms with Gasteiger partial charge in [0.2, 0.25) is 0 Å². The summed E-state index contributed by atoms with van der Waals surface area (Å²) in [4.78, 5) is 13.7. The summed E-state index contributed by atoms with van der Waals surface area (Å²) in [6.07, 6.45) is 2.80. The first-order valence-corrected chi connectivity index (χ1v) is 6.78. The normalized spacial score (nSPS) is 12.9. The van der Waals surface area contributed by atoms with Crippen LogP contribution >= 0.6 is 0 Å². The standard InChI is InChI=1S/C16H23N3/c1-15(2,3)9-11-7-8-12-13(18-11)10-17-14(19-12)16(4,5)6/h7-8,10H,9H2,1-6H3. The third kappa shape index (κ3) is 3.49. The van der Waals surface area contributed by atoms with E-state index in [1.54, 1.807) is 0 Å². The van der Waals surface area contributed by atoms with Crippen LogP contribution in [0.25, 0.3) is 11.0 Å². The van der Waals surface area contributed by atoms with Crippen molar-refractivity contribution < 1.29 is 0 Å². The molecule has 0 amide bonds. The van der Waals surface area contributed by atoms with Gasteiger partial charge in [0.1, 0.15) is 11.3 Å². The highest BCUT2D eigenvalue weighted by molar-refractivity contribution is 5.73. The van der Waals surface area contributed by atoms with Crippen molar-refractivity contribution in [1.82, 2.24) is 15.0 Å². The summed E-state index contributed by atoms with van der Waals surface area (Å²) in [6.45, 7) is 13.0. The first-order chi connectivity index (χ1) is 8.65. The predicted octanol–water partition coefficient (Wildman–Crippen LogP) is 3.91. The van der Waals surface area contributed by atoms with E-state index in [2.05, 4.69) is 68.6 Å². The van der Waals surface area contributed by atoms with Crippen LogP contribution in [0.3, 0.4) is 0 Å². The van der Waals surface area contributed by atoms with Gasteiger partial charge in [0.25, 0.3) is 0 Å². The smallest absolute Gasteiger partial charge is 0.134 e. The maximum atomic E-state index is 4.66. The zero-order valence-electron chi connectivity index (χ0n) is 12.8. The molecular weight excluding hydrogens is 234 g/mol. The van der Waals surface area contributed by atoms with Crippen molar-refractivity contribution in [2.75, 3.05) is 0 Å². The zero-order valence-corrected chi connectivity index (χ0v) is 12.8. The van der Waals surface area contributed by atoms with Gasteiger partial charge in [-0.2, -0.15) is 0 Å². The topological polar surface area (TPSA) is 38.7 Å². The van der Waals surface area contributed by atoms with Crippen LogP contribution in [-0.2, 0) is 11.8 Å². The average molecular weight is 257 g/mol. The SMILES string of the molecule is CC(C)(C)Cc1ccc2nc(C(C)(C)C)ncc2n1. The van der Waals surface area contributed by atoms with Crippen LogP contribution in [0.15, 0.2) is 18.3 Å². The molecule has 2 heterocycles. The Balaban J connectivity index is 2.41. The molecule has 0 unspecified atom stereocenters. The van der Waals surface area contributed by atoms with Crippen molar-refractivity contribution in [2.24, 2.45) is 5.41 Å². The minimum atomic E-state index is -0.0295. The van der Waals surface area contributed by atoms with E-state index >= 15 is 0 Å². The molecule has 102 valence electrons. The predicted molar refractivity (Wildman–Crippen MR) is 79.2 cm³/mol. The van der Waals surface area contributed by atoms with Crippen molar-refractivity contribution >= 4 is 11.0 Å². The molecule has 0 aliphatic heterocycles. The van der Waals surface area contributed by atoms with E-state index in [9.17, 15) is 0 Å². The largest absolute Gasteiger partial charge is 0.250 e. The second kappa shape index (κ2) is 4.55. The van der Waals surface area contributed by atoms with Crippen LogP contribution in [-0.4, -0.2) is 15.0 Å². The third-order valence-electron chi connectivity index (χ3n) is 2.88. The highest BCUT2D eigenvalue weighted by Gasteiger charge is 2.18. The molecule has 2 aromatic heterocycles. The summed E-state index contributed by atoms with van der Waals surface area (Å²) in [5, 5.41) is 0. The highest BCUT2D eigenvalue weighted by Crippen LogP contribution is 2.22. The van der Waals surface area contributed by atoms with E-state index in [1.807, 2.05) is 6.20 Å². The Labute approximate surface area is 115 Å². The van der Waals surface area contributed by atoms with Crippen LogP contribution in [0, 0.1) is 5.41 Å². The molecule has 0 aliphatic rings. The number of rotatable bonds is 1. The number of nitrogens with zero attached hydrogens (tertiary/aromatic N) is 3. The van der Waals surface area contributed by atoms with E-state index in [4.69, 9.17) is 0 Å². The fourth-order valence-corrected chi connectivity index (χ4v) is 1.97. The van der Waals surface area contributed by atoms with Crippen molar-refractivity contribution in [1.29, 1.82) is 0 Å². The second-order valence-corrected chi connectivity index (χ2v) is 7.39. The number of aromatic nitrogens is 3. The van der Waals surface area contributed by atoms with E-state index in [0.717, 1.165) is 29.0 Å². The molecule has 0 aliphatic carbocycles. The Morgan fingerprint density at radius 1 is 0.895 bits per heavy atom. The van der Waals surface area contributed by atoms with E-state index in [-0.39, 0.29) is 10.8 Å². The third-order valence-corrected chi connectivity index (χ3v) is 2.88. The van der Waals surface area contributed by atoms with Gasteiger partial charge >= 0.3 is 0 Å². The number of hydrogen-bond acceptors (Lipinski definition) is 3. The molecule has 0 spiro atoms. The van der Waals surface area contributed by atoms with E-state index < -0.39 is 0 Å². The first kappa shape index (κ1) is 13.9. The van der Waals surface area contributed by atoms with Crippen LogP contribution in [0.2, 0.25) is 0 Å². The maximum Gasteiger partial charge on any atom is 0.134 e. The van der Waals surface area contributed by atoms with Crippen LogP contribution in [0.1, 0.15) is 53.1 Å². The van der Waals surface area contributed by atoms with Crippen molar-refractivity contribution in [3.8, 4) is 0 Å². The van der Waals surface area contributed by atoms with Crippen molar-refractivity contribution in [3.63, 3.8) is 0 Å². The molecule has 0 N–H and O–H groups in total. The Morgan fingerprint density at radius 3 is 2.16 bits per heavy atom. The monoisotopic (exact) mass is 257 g/mol. The molecule has 0 radical (unpaired) electrons. The lowest BCUT2D eigenvalue weighted by Crippen LogP contribution is -2.16. The lowest BCUT2D eigenvalue weighted by Gasteiger charge is -2.18. The molecule has 2 rings (SSSR count). The summed E-state index contributed by atoms with van der Waals surface area (Å²) >= 11 is 0. The van der Waals surface area contributed by atoms with Gasteiger partial charge in [-0.1, -0.05) is 41.5 Å². The number of hydrogen-bond donors (Lipinski definition) is 0. The van der Waals surface area contributed by atoms with Crippen LogP contribution < -0.4 is 0 Å². The van der Waals surface area contributed by atoms with Gasteiger partial charge in [-0.15, -0.1) is 0 Å². The Bertz CT molecular complexity index is 589. The van der Waals surface area contributed by atoms with Gasteiger partial charge in [-0.3, -0.25) is 0 Å². The fraction of sp³-hybridized carbons (Fsp3) is 0.562. The molecule has 0 atom stereocenters. The van der Waals surface area contributed by atoms with Crippen LogP contribution in [0.4, 0.5) is 0 Å². The van der Waals surface area contributed by atoms with Gasteiger partial charge in [-0.25, -0.2) is 15.0 Å². The number of fused-ring (bicyclic) bond motifs is 1. The molecule has 0 aromatic carbocycles. The molecule has 0 bridgehead atoms. The summed E-state index contributed by atoms with van der Waals surface area (Å²) in [5.74, 6) is 0.866. The van der Waals surface area contributed by atoms with Gasteiger partial charge in [0.05, 0.1) is 11.7 Å². The summed E-state index contributed by atoms with van der Waals surface area (Å²) in [6, 6.07) is 4.13. The molecule has 0 fully saturated rings. The van der Waals surface area contributed by atoms with Crippen LogP contribution in [0.5, 0.6) is 0 Å². The molecule has 19 heavy (non-hydrogen) atoms. The van der Waals surface area contributed by atoms with Crippen molar-refractivity contribution in [2.45, 2.75) is 53.4 Å². The summed E-state index contributed by atoms with van der Waals surface area (Å²) < 4.78 is 0. The minimum absolute atomic E-state index is 0.0295. The molecule has 0 saturated carbocycles. The number of pyridine rings is 1. The van der Waals surface area contributed by atoms with E-state index in [0.29, 0.717) is 0 Å². The van der Waals surface area contributed by atoms with E-state index in [1.165, 1.54) is 0 Å². The Kier molecular flexibility index (Phi) is 3.33. The second-order valence-electron chi connectivity index (χ2n) is 7.39. The Morgan fingerprint density at radius 2 is 1.58 bits per heavy atom. The molecule has 3 heteroatoms. The average Bonchev–Trinajstić information content (AvgIpc) is 2.24. The lowest BCUT2D eigenvalue weighted by molar-refractivity contribution is 0.407. The van der Waals surface area contributed by atoms with Gasteiger partial charge in [-0.05, 0) is 24.0 Å². The lowest BCUT2D eigenvalue weighted by atomic mass is 9.90. The zero-order chi connectivity index (χ0) is 14.3. The minimum Gasteiger partial charge on any atom is -0.250 e. The van der Waals surface area contributed by atoms with Gasteiger partial charge in [0, 0.05) is 11.1 Å². The molecule has 2 aromatic rings. The fourth-order valence-electron chi connectivity index (χ4n) is 1.97. The highest BCUT2D eigenvalue weighted by atomic mass is 14.9. The summed E-state index contributed by atoms with van der Waals surface area (Å²) in [5.41, 5.74) is 3.13. The first-order valence-electron chi connectivity index (χ1n) is 6.78. The molecule has 3 nitrogen and oxygen atoms in total.